The van der Waals surface area contributed by atoms with Gasteiger partial charge in [-0.3, -0.25) is 9.59 Å². The number of nitriles is 1. The number of carbonyl (C=O) groups excluding carboxylic acids is 2. The van der Waals surface area contributed by atoms with Crippen molar-refractivity contribution in [1.82, 2.24) is 4.90 Å². The lowest BCUT2D eigenvalue weighted by atomic mass is 9.95. The number of anilines is 1. The topological polar surface area (TPSA) is 73.6 Å². The van der Waals surface area contributed by atoms with E-state index in [1.54, 1.807) is 34.1 Å². The molecule has 31 heavy (non-hydrogen) atoms. The lowest BCUT2D eigenvalue weighted by molar-refractivity contribution is -0.123. The predicted octanol–water partition coefficient (Wildman–Crippen LogP) is 4.54. The van der Waals surface area contributed by atoms with Gasteiger partial charge in [-0.1, -0.05) is 11.6 Å². The average molecular weight is 440 g/mol. The van der Waals surface area contributed by atoms with Crippen LogP contribution in [0.1, 0.15) is 36.5 Å². The van der Waals surface area contributed by atoms with Crippen LogP contribution in [0.25, 0.3) is 0 Å². The van der Waals surface area contributed by atoms with E-state index < -0.39 is 0 Å². The average Bonchev–Trinajstić information content (AvgIpc) is 2.80. The standard InChI is InChI=1S/C24H26ClN3O3/c1-2-31-22-12-10-21(11-13-22)28(16-4-14-26)24(30)19-5-3-15-27(17-19)23(29)18-6-8-20(25)9-7-18/h6-13,19H,2-5,15-17H2,1H3. The molecule has 1 aliphatic rings. The van der Waals surface area contributed by atoms with Gasteiger partial charge < -0.3 is 14.5 Å². The molecule has 2 aromatic rings. The molecule has 0 radical (unpaired) electrons. The van der Waals surface area contributed by atoms with Gasteiger partial charge in [0, 0.05) is 35.9 Å². The van der Waals surface area contributed by atoms with E-state index in [0.29, 0.717) is 43.2 Å². The number of rotatable bonds is 7. The number of halogens is 1. The van der Waals surface area contributed by atoms with Crippen molar-refractivity contribution >= 4 is 29.1 Å². The number of nitrogens with zero attached hydrogens (tertiary/aromatic N) is 3. The van der Waals surface area contributed by atoms with Crippen LogP contribution in [0.15, 0.2) is 48.5 Å². The molecule has 0 saturated carbocycles. The first kappa shape index (κ1) is 22.6. The Hall–Kier alpha value is -3.04. The highest BCUT2D eigenvalue weighted by Crippen LogP contribution is 2.26. The summed E-state index contributed by atoms with van der Waals surface area (Å²) in [7, 11) is 0. The van der Waals surface area contributed by atoms with Gasteiger partial charge in [0.05, 0.1) is 25.0 Å². The third-order valence-corrected chi connectivity index (χ3v) is 5.57. The molecule has 3 rings (SSSR count). The lowest BCUT2D eigenvalue weighted by Crippen LogP contribution is -2.47. The van der Waals surface area contributed by atoms with Gasteiger partial charge in [-0.2, -0.15) is 5.26 Å². The Balaban J connectivity index is 1.74. The molecule has 2 aromatic carbocycles. The smallest absolute Gasteiger partial charge is 0.253 e. The normalized spacial score (nSPS) is 15.8. The molecule has 0 spiro atoms. The Labute approximate surface area is 188 Å². The van der Waals surface area contributed by atoms with E-state index in [4.69, 9.17) is 21.6 Å². The molecule has 0 aromatic heterocycles. The number of piperidine rings is 1. The molecule has 0 aliphatic carbocycles. The first-order valence-corrected chi connectivity index (χ1v) is 10.9. The van der Waals surface area contributed by atoms with Crippen molar-refractivity contribution in [3.63, 3.8) is 0 Å². The molecule has 1 heterocycles. The molecular weight excluding hydrogens is 414 g/mol. The van der Waals surface area contributed by atoms with Crippen molar-refractivity contribution in [2.24, 2.45) is 5.92 Å². The summed E-state index contributed by atoms with van der Waals surface area (Å²) in [5.74, 6) is 0.262. The Morgan fingerprint density at radius 3 is 2.55 bits per heavy atom. The molecule has 7 heteroatoms. The second-order valence-electron chi connectivity index (χ2n) is 7.42. The highest BCUT2D eigenvalue weighted by Gasteiger charge is 2.32. The fraction of sp³-hybridized carbons (Fsp3) is 0.375. The van der Waals surface area contributed by atoms with Gasteiger partial charge in [-0.05, 0) is 68.3 Å². The van der Waals surface area contributed by atoms with Crippen LogP contribution in [-0.4, -0.2) is 43.0 Å². The molecular formula is C24H26ClN3O3. The molecule has 6 nitrogen and oxygen atoms in total. The van der Waals surface area contributed by atoms with Crippen LogP contribution < -0.4 is 9.64 Å². The first-order chi connectivity index (χ1) is 15.0. The highest BCUT2D eigenvalue weighted by molar-refractivity contribution is 6.30. The van der Waals surface area contributed by atoms with Crippen molar-refractivity contribution in [3.05, 3.63) is 59.1 Å². The second-order valence-corrected chi connectivity index (χ2v) is 7.86. The maximum absolute atomic E-state index is 13.4. The van der Waals surface area contributed by atoms with Crippen LogP contribution in [0.3, 0.4) is 0 Å². The molecule has 0 bridgehead atoms. The molecule has 1 fully saturated rings. The van der Waals surface area contributed by atoms with Gasteiger partial charge in [-0.15, -0.1) is 0 Å². The third-order valence-electron chi connectivity index (χ3n) is 5.32. The number of hydrogen-bond donors (Lipinski definition) is 0. The predicted molar refractivity (Wildman–Crippen MR) is 120 cm³/mol. The van der Waals surface area contributed by atoms with Crippen molar-refractivity contribution in [3.8, 4) is 11.8 Å². The summed E-state index contributed by atoms with van der Waals surface area (Å²) in [6.07, 6.45) is 1.70. The molecule has 2 amide bonds. The fourth-order valence-corrected chi connectivity index (χ4v) is 3.90. The van der Waals surface area contributed by atoms with E-state index in [2.05, 4.69) is 6.07 Å². The minimum absolute atomic E-state index is 0.0620. The summed E-state index contributed by atoms with van der Waals surface area (Å²) >= 11 is 5.92. The number of benzene rings is 2. The van der Waals surface area contributed by atoms with Gasteiger partial charge in [0.15, 0.2) is 0 Å². The van der Waals surface area contributed by atoms with E-state index >= 15 is 0 Å². The number of carbonyl (C=O) groups is 2. The second kappa shape index (κ2) is 10.8. The van der Waals surface area contributed by atoms with Crippen LogP contribution in [0.5, 0.6) is 5.75 Å². The maximum Gasteiger partial charge on any atom is 0.253 e. The summed E-state index contributed by atoms with van der Waals surface area (Å²) in [5, 5.41) is 9.63. The molecule has 1 atom stereocenters. The lowest BCUT2D eigenvalue weighted by Gasteiger charge is -2.35. The van der Waals surface area contributed by atoms with Crippen molar-refractivity contribution in [2.75, 3.05) is 31.1 Å². The van der Waals surface area contributed by atoms with Gasteiger partial charge in [-0.25, -0.2) is 0 Å². The van der Waals surface area contributed by atoms with E-state index in [-0.39, 0.29) is 24.2 Å². The van der Waals surface area contributed by atoms with E-state index in [1.807, 2.05) is 31.2 Å². The van der Waals surface area contributed by atoms with Crippen LogP contribution in [0.2, 0.25) is 5.02 Å². The quantitative estimate of drug-likeness (QED) is 0.634. The summed E-state index contributed by atoms with van der Waals surface area (Å²) in [4.78, 5) is 29.7. The zero-order valence-corrected chi connectivity index (χ0v) is 18.3. The molecule has 1 saturated heterocycles. The zero-order chi connectivity index (χ0) is 22.2. The summed E-state index contributed by atoms with van der Waals surface area (Å²) in [5.41, 5.74) is 1.29. The van der Waals surface area contributed by atoms with Crippen LogP contribution in [0, 0.1) is 17.2 Å². The zero-order valence-electron chi connectivity index (χ0n) is 17.6. The van der Waals surface area contributed by atoms with Crippen LogP contribution in [-0.2, 0) is 4.79 Å². The highest BCUT2D eigenvalue weighted by atomic mass is 35.5. The fourth-order valence-electron chi connectivity index (χ4n) is 3.78. The number of ether oxygens (including phenoxy) is 1. The van der Waals surface area contributed by atoms with Gasteiger partial charge in [0.2, 0.25) is 5.91 Å². The number of amides is 2. The Bertz CT molecular complexity index is 938. The third kappa shape index (κ3) is 5.77. The van der Waals surface area contributed by atoms with Crippen LogP contribution >= 0.6 is 11.6 Å². The number of likely N-dealkylation sites (tertiary alicyclic amines) is 1. The molecule has 1 unspecified atom stereocenters. The van der Waals surface area contributed by atoms with E-state index in [0.717, 1.165) is 17.9 Å². The maximum atomic E-state index is 13.4. The summed E-state index contributed by atoms with van der Waals surface area (Å²) in [6.45, 7) is 3.77. The summed E-state index contributed by atoms with van der Waals surface area (Å²) in [6, 6.07) is 16.2. The minimum Gasteiger partial charge on any atom is -0.494 e. The van der Waals surface area contributed by atoms with Gasteiger partial charge in [0.1, 0.15) is 5.75 Å². The van der Waals surface area contributed by atoms with E-state index in [9.17, 15) is 9.59 Å². The summed E-state index contributed by atoms with van der Waals surface area (Å²) < 4.78 is 5.48. The Morgan fingerprint density at radius 2 is 1.90 bits per heavy atom. The number of hydrogen-bond acceptors (Lipinski definition) is 4. The molecule has 0 N–H and O–H groups in total. The largest absolute Gasteiger partial charge is 0.494 e. The van der Waals surface area contributed by atoms with Crippen molar-refractivity contribution in [2.45, 2.75) is 26.2 Å². The van der Waals surface area contributed by atoms with Crippen molar-refractivity contribution < 1.29 is 14.3 Å². The van der Waals surface area contributed by atoms with Gasteiger partial charge in [0.25, 0.3) is 5.91 Å². The SMILES string of the molecule is CCOc1ccc(N(CCC#N)C(=O)C2CCCN(C(=O)c3ccc(Cl)cc3)C2)cc1. The Kier molecular flexibility index (Phi) is 7.91. The van der Waals surface area contributed by atoms with Crippen molar-refractivity contribution in [1.29, 1.82) is 5.26 Å². The monoisotopic (exact) mass is 439 g/mol. The Morgan fingerprint density at radius 1 is 1.19 bits per heavy atom. The minimum atomic E-state index is -0.310. The van der Waals surface area contributed by atoms with E-state index in [1.165, 1.54) is 0 Å². The van der Waals surface area contributed by atoms with Crippen LogP contribution in [0.4, 0.5) is 5.69 Å². The molecule has 162 valence electrons. The van der Waals surface area contributed by atoms with Gasteiger partial charge >= 0.3 is 0 Å². The first-order valence-electron chi connectivity index (χ1n) is 10.5. The molecule has 1 aliphatic heterocycles.